The standard InChI is InChI=1S/C18H26O2S/c1-5-8-15-18(13-6-2,14-7-3)21(19,20)17-11-9-16(4)10-12-17/h6-7,9-12H,2-3,5,8,13-15H2,1,4H3. The van der Waals surface area contributed by atoms with Crippen molar-refractivity contribution in [1.82, 2.24) is 0 Å². The van der Waals surface area contributed by atoms with E-state index in [1.54, 1.807) is 24.3 Å². The van der Waals surface area contributed by atoms with Crippen LogP contribution in [0.2, 0.25) is 0 Å². The number of benzene rings is 1. The fourth-order valence-electron chi connectivity index (χ4n) is 2.63. The number of sulfone groups is 1. The molecule has 3 heteroatoms. The first-order chi connectivity index (χ1) is 9.93. The maximum atomic E-state index is 13.2. The van der Waals surface area contributed by atoms with E-state index < -0.39 is 14.6 Å². The quantitative estimate of drug-likeness (QED) is 0.611. The summed E-state index contributed by atoms with van der Waals surface area (Å²) in [5, 5.41) is 0. The van der Waals surface area contributed by atoms with Crippen LogP contribution in [-0.2, 0) is 9.84 Å². The van der Waals surface area contributed by atoms with Gasteiger partial charge in [0, 0.05) is 0 Å². The van der Waals surface area contributed by atoms with E-state index in [0.717, 1.165) is 18.4 Å². The third-order valence-corrected chi connectivity index (χ3v) is 6.49. The molecule has 1 rings (SSSR count). The minimum Gasteiger partial charge on any atom is -0.223 e. The molecule has 1 aromatic rings. The number of allylic oxidation sites excluding steroid dienone is 2. The van der Waals surface area contributed by atoms with Gasteiger partial charge in [-0.2, -0.15) is 0 Å². The van der Waals surface area contributed by atoms with Gasteiger partial charge in [-0.1, -0.05) is 49.6 Å². The maximum absolute atomic E-state index is 13.2. The zero-order valence-corrected chi connectivity index (χ0v) is 14.0. The van der Waals surface area contributed by atoms with Gasteiger partial charge in [0.25, 0.3) is 0 Å². The molecule has 0 spiro atoms. The summed E-state index contributed by atoms with van der Waals surface area (Å²) in [4.78, 5) is 0.396. The number of rotatable bonds is 9. The molecule has 0 radical (unpaired) electrons. The highest BCUT2D eigenvalue weighted by atomic mass is 32.2. The molecule has 0 atom stereocenters. The molecule has 0 bridgehead atoms. The molecule has 0 fully saturated rings. The number of hydrogen-bond donors (Lipinski definition) is 0. The summed E-state index contributed by atoms with van der Waals surface area (Å²) in [5.41, 5.74) is 1.06. The Hall–Kier alpha value is -1.35. The van der Waals surface area contributed by atoms with E-state index in [1.165, 1.54) is 0 Å². The van der Waals surface area contributed by atoms with Crippen molar-refractivity contribution in [2.75, 3.05) is 0 Å². The summed E-state index contributed by atoms with van der Waals surface area (Å²) in [6, 6.07) is 7.10. The highest BCUT2D eigenvalue weighted by Gasteiger charge is 2.41. The summed E-state index contributed by atoms with van der Waals surface area (Å²) < 4.78 is 25.5. The SMILES string of the molecule is C=CCC(CC=C)(CCCC)S(=O)(=O)c1ccc(C)cc1. The Balaban J connectivity index is 3.35. The molecule has 0 saturated carbocycles. The number of unbranched alkanes of at least 4 members (excludes halogenated alkanes) is 1. The predicted molar refractivity (Wildman–Crippen MR) is 90.2 cm³/mol. The van der Waals surface area contributed by atoms with Crippen molar-refractivity contribution in [2.45, 2.75) is 55.6 Å². The Bertz CT molecular complexity index is 558. The first-order valence-electron chi connectivity index (χ1n) is 7.46. The van der Waals surface area contributed by atoms with Gasteiger partial charge < -0.3 is 0 Å². The van der Waals surface area contributed by atoms with Crippen LogP contribution in [0, 0.1) is 6.92 Å². The molecule has 116 valence electrons. The normalized spacial score (nSPS) is 12.1. The smallest absolute Gasteiger partial charge is 0.184 e. The lowest BCUT2D eigenvalue weighted by atomic mass is 9.94. The summed E-state index contributed by atoms with van der Waals surface area (Å²) in [6.45, 7) is 11.5. The van der Waals surface area contributed by atoms with Crippen LogP contribution in [-0.4, -0.2) is 13.2 Å². The van der Waals surface area contributed by atoms with Crippen LogP contribution in [0.25, 0.3) is 0 Å². The lowest BCUT2D eigenvalue weighted by Gasteiger charge is -2.32. The van der Waals surface area contributed by atoms with Crippen LogP contribution in [0.4, 0.5) is 0 Å². The van der Waals surface area contributed by atoms with Crippen molar-refractivity contribution in [3.05, 3.63) is 55.1 Å². The van der Waals surface area contributed by atoms with Gasteiger partial charge in [-0.3, -0.25) is 0 Å². The Morgan fingerprint density at radius 2 is 1.62 bits per heavy atom. The molecule has 0 aromatic heterocycles. The maximum Gasteiger partial charge on any atom is 0.184 e. The van der Waals surface area contributed by atoms with E-state index in [9.17, 15) is 8.42 Å². The molecule has 1 aromatic carbocycles. The predicted octanol–water partition coefficient (Wildman–Crippen LogP) is 4.85. The van der Waals surface area contributed by atoms with Gasteiger partial charge in [-0.05, 0) is 38.3 Å². The average Bonchev–Trinajstić information content (AvgIpc) is 2.45. The van der Waals surface area contributed by atoms with Crippen molar-refractivity contribution >= 4 is 9.84 Å². The van der Waals surface area contributed by atoms with Gasteiger partial charge in [0.15, 0.2) is 9.84 Å². The molecule has 21 heavy (non-hydrogen) atoms. The zero-order chi connectivity index (χ0) is 15.9. The third-order valence-electron chi connectivity index (χ3n) is 3.92. The van der Waals surface area contributed by atoms with Gasteiger partial charge in [0.1, 0.15) is 0 Å². The van der Waals surface area contributed by atoms with Crippen LogP contribution in [0.1, 0.15) is 44.6 Å². The molecule has 0 N–H and O–H groups in total. The lowest BCUT2D eigenvalue weighted by molar-refractivity contribution is 0.467. The molecule has 0 aliphatic carbocycles. The topological polar surface area (TPSA) is 34.1 Å². The third kappa shape index (κ3) is 3.85. The highest BCUT2D eigenvalue weighted by molar-refractivity contribution is 7.92. The fraction of sp³-hybridized carbons (Fsp3) is 0.444. The molecule has 0 amide bonds. The summed E-state index contributed by atoms with van der Waals surface area (Å²) in [6.07, 6.45) is 6.82. The second kappa shape index (κ2) is 7.60. The molecule has 0 unspecified atom stereocenters. The van der Waals surface area contributed by atoms with E-state index in [0.29, 0.717) is 24.2 Å². The zero-order valence-electron chi connectivity index (χ0n) is 13.1. The first kappa shape index (κ1) is 17.7. The average molecular weight is 306 g/mol. The van der Waals surface area contributed by atoms with Crippen molar-refractivity contribution < 1.29 is 8.42 Å². The van der Waals surface area contributed by atoms with Gasteiger partial charge in [0.2, 0.25) is 0 Å². The van der Waals surface area contributed by atoms with Gasteiger partial charge in [-0.15, -0.1) is 13.2 Å². The molecular weight excluding hydrogens is 280 g/mol. The van der Waals surface area contributed by atoms with Crippen molar-refractivity contribution in [3.63, 3.8) is 0 Å². The van der Waals surface area contributed by atoms with Crippen molar-refractivity contribution in [2.24, 2.45) is 0 Å². The second-order valence-corrected chi connectivity index (χ2v) is 7.93. The van der Waals surface area contributed by atoms with Crippen LogP contribution >= 0.6 is 0 Å². The lowest BCUT2D eigenvalue weighted by Crippen LogP contribution is -2.38. The molecule has 0 aliphatic rings. The van der Waals surface area contributed by atoms with E-state index in [1.807, 2.05) is 19.1 Å². The molecule has 2 nitrogen and oxygen atoms in total. The van der Waals surface area contributed by atoms with Gasteiger partial charge >= 0.3 is 0 Å². The van der Waals surface area contributed by atoms with E-state index >= 15 is 0 Å². The van der Waals surface area contributed by atoms with Crippen molar-refractivity contribution in [3.8, 4) is 0 Å². The monoisotopic (exact) mass is 306 g/mol. The minimum atomic E-state index is -3.42. The van der Waals surface area contributed by atoms with Gasteiger partial charge in [0.05, 0.1) is 9.64 Å². The summed E-state index contributed by atoms with van der Waals surface area (Å²) >= 11 is 0. The molecular formula is C18H26O2S. The minimum absolute atomic E-state index is 0.396. The van der Waals surface area contributed by atoms with E-state index in [-0.39, 0.29) is 0 Å². The van der Waals surface area contributed by atoms with Crippen LogP contribution in [0.5, 0.6) is 0 Å². The van der Waals surface area contributed by atoms with E-state index in [2.05, 4.69) is 20.1 Å². The Morgan fingerprint density at radius 3 is 2.05 bits per heavy atom. The van der Waals surface area contributed by atoms with Crippen LogP contribution in [0.3, 0.4) is 0 Å². The first-order valence-corrected chi connectivity index (χ1v) is 8.95. The fourth-order valence-corrected chi connectivity index (χ4v) is 4.72. The van der Waals surface area contributed by atoms with Crippen LogP contribution < -0.4 is 0 Å². The van der Waals surface area contributed by atoms with Gasteiger partial charge in [-0.25, -0.2) is 8.42 Å². The van der Waals surface area contributed by atoms with Crippen LogP contribution in [0.15, 0.2) is 54.5 Å². The van der Waals surface area contributed by atoms with Crippen molar-refractivity contribution in [1.29, 1.82) is 0 Å². The Kier molecular flexibility index (Phi) is 6.41. The number of aryl methyl sites for hydroxylation is 1. The molecule has 0 aliphatic heterocycles. The second-order valence-electron chi connectivity index (χ2n) is 5.59. The Labute approximate surface area is 129 Å². The molecule has 0 heterocycles. The molecule has 0 saturated heterocycles. The summed E-state index contributed by atoms with van der Waals surface area (Å²) in [5.74, 6) is 0. The highest BCUT2D eigenvalue weighted by Crippen LogP contribution is 2.37. The van der Waals surface area contributed by atoms with E-state index in [4.69, 9.17) is 0 Å². The number of hydrogen-bond acceptors (Lipinski definition) is 2. The summed E-state index contributed by atoms with van der Waals surface area (Å²) in [7, 11) is -3.42. The Morgan fingerprint density at radius 1 is 1.10 bits per heavy atom. The largest absolute Gasteiger partial charge is 0.223 e.